The Kier molecular flexibility index (Phi) is 4.69. The average molecular weight is 330 g/mol. The third-order valence-electron chi connectivity index (χ3n) is 4.47. The van der Waals surface area contributed by atoms with Crippen LogP contribution >= 0.6 is 0 Å². The number of non-ortho nitro benzene ring substituents is 1. The Bertz CT molecular complexity index is 772. The van der Waals surface area contributed by atoms with Crippen molar-refractivity contribution in [3.8, 4) is 0 Å². The zero-order valence-corrected chi connectivity index (χ0v) is 14.0. The van der Waals surface area contributed by atoms with Crippen LogP contribution in [0.2, 0.25) is 0 Å². The fourth-order valence-electron chi connectivity index (χ4n) is 3.30. The molecule has 4 rings (SSSR count). The number of ether oxygens (including phenoxy) is 2. The molecule has 1 aliphatic carbocycles. The number of hydrogen-bond acceptors (Lipinski definition) is 4. The summed E-state index contributed by atoms with van der Waals surface area (Å²) >= 11 is 0. The van der Waals surface area contributed by atoms with Gasteiger partial charge in [-0.3, -0.25) is 10.1 Å². The number of fused-ring (bicyclic) bond motifs is 1. The van der Waals surface area contributed by atoms with Gasteiger partial charge in [0, 0.05) is 47.6 Å². The van der Waals surface area contributed by atoms with Crippen molar-refractivity contribution in [1.29, 1.82) is 0 Å². The van der Waals surface area contributed by atoms with Crippen LogP contribution in [0.4, 0.5) is 5.69 Å². The van der Waals surface area contributed by atoms with Crippen molar-refractivity contribution >= 4 is 22.2 Å². The average Bonchev–Trinajstić information content (AvgIpc) is 3.24. The van der Waals surface area contributed by atoms with Crippen LogP contribution < -0.4 is 0 Å². The van der Waals surface area contributed by atoms with Crippen molar-refractivity contribution in [1.82, 2.24) is 4.98 Å². The molecule has 128 valence electrons. The first-order valence-corrected chi connectivity index (χ1v) is 8.40. The maximum atomic E-state index is 11.0. The lowest BCUT2D eigenvalue weighted by atomic mass is 9.89. The summed E-state index contributed by atoms with van der Waals surface area (Å²) in [6, 6.07) is 4.91. The van der Waals surface area contributed by atoms with Gasteiger partial charge in [-0.25, -0.2) is 0 Å². The van der Waals surface area contributed by atoms with Gasteiger partial charge in [-0.2, -0.15) is 0 Å². The Morgan fingerprint density at radius 3 is 2.62 bits per heavy atom. The highest BCUT2D eigenvalue weighted by molar-refractivity contribution is 5.94. The number of nitro benzene ring substituents is 1. The van der Waals surface area contributed by atoms with E-state index in [2.05, 4.69) is 11.1 Å². The van der Waals surface area contributed by atoms with Crippen molar-refractivity contribution in [2.45, 2.75) is 38.9 Å². The molecule has 1 N–H and O–H groups in total. The molecular formula is C18H22N2O4. The summed E-state index contributed by atoms with van der Waals surface area (Å²) in [5.41, 5.74) is 3.25. The van der Waals surface area contributed by atoms with E-state index in [-0.39, 0.29) is 10.6 Å². The van der Waals surface area contributed by atoms with Gasteiger partial charge in [0.1, 0.15) is 0 Å². The molecule has 24 heavy (non-hydrogen) atoms. The molecule has 0 amide bonds. The fraction of sp³-hybridized carbons (Fsp3) is 0.444. The van der Waals surface area contributed by atoms with E-state index in [9.17, 15) is 10.1 Å². The minimum atomic E-state index is -0.443. The van der Waals surface area contributed by atoms with Gasteiger partial charge in [0.2, 0.25) is 0 Å². The van der Waals surface area contributed by atoms with Gasteiger partial charge in [-0.1, -0.05) is 19.9 Å². The van der Waals surface area contributed by atoms with E-state index in [1.165, 1.54) is 11.6 Å². The monoisotopic (exact) mass is 330 g/mol. The molecule has 2 heterocycles. The SMILES string of the molecule is CC.O=[N+]([O-])c1ccc2[nH]cc(C3=CCC4(CC3)OCCO4)c2c1. The first-order valence-electron chi connectivity index (χ1n) is 8.40. The number of nitro groups is 1. The Labute approximate surface area is 140 Å². The molecule has 0 unspecified atom stereocenters. The van der Waals surface area contributed by atoms with Crippen molar-refractivity contribution in [3.63, 3.8) is 0 Å². The molecule has 1 fully saturated rings. The van der Waals surface area contributed by atoms with Crippen LogP contribution in [0.1, 0.15) is 38.7 Å². The van der Waals surface area contributed by atoms with Gasteiger partial charge in [0.05, 0.1) is 18.1 Å². The summed E-state index contributed by atoms with van der Waals surface area (Å²) in [5.74, 6) is -0.443. The number of aromatic nitrogens is 1. The number of hydrogen-bond donors (Lipinski definition) is 1. The van der Waals surface area contributed by atoms with Crippen LogP contribution in [0.5, 0.6) is 0 Å². The largest absolute Gasteiger partial charge is 0.361 e. The second-order valence-electron chi connectivity index (χ2n) is 5.73. The van der Waals surface area contributed by atoms with E-state index in [0.29, 0.717) is 13.2 Å². The number of benzene rings is 1. The zero-order chi connectivity index (χ0) is 17.2. The summed E-state index contributed by atoms with van der Waals surface area (Å²) in [5, 5.41) is 11.9. The van der Waals surface area contributed by atoms with E-state index < -0.39 is 5.79 Å². The van der Waals surface area contributed by atoms with Gasteiger partial charge in [-0.15, -0.1) is 0 Å². The van der Waals surface area contributed by atoms with Crippen molar-refractivity contribution in [2.24, 2.45) is 0 Å². The van der Waals surface area contributed by atoms with Gasteiger partial charge < -0.3 is 14.5 Å². The zero-order valence-electron chi connectivity index (χ0n) is 14.0. The predicted molar refractivity (Wildman–Crippen MR) is 92.8 cm³/mol. The fourth-order valence-corrected chi connectivity index (χ4v) is 3.30. The molecular weight excluding hydrogens is 308 g/mol. The third-order valence-corrected chi connectivity index (χ3v) is 4.47. The molecule has 0 bridgehead atoms. The lowest BCUT2D eigenvalue weighted by Crippen LogP contribution is -2.31. The summed E-state index contributed by atoms with van der Waals surface area (Å²) in [4.78, 5) is 13.8. The first-order chi connectivity index (χ1) is 11.7. The third kappa shape index (κ3) is 2.95. The molecule has 6 nitrogen and oxygen atoms in total. The Morgan fingerprint density at radius 2 is 2.00 bits per heavy atom. The van der Waals surface area contributed by atoms with Gasteiger partial charge in [0.25, 0.3) is 5.69 Å². The predicted octanol–water partition coefficient (Wildman–Crippen LogP) is 4.41. The van der Waals surface area contributed by atoms with Crippen LogP contribution in [-0.4, -0.2) is 28.9 Å². The number of nitrogens with zero attached hydrogens (tertiary/aromatic N) is 1. The lowest BCUT2D eigenvalue weighted by Gasteiger charge is -2.30. The van der Waals surface area contributed by atoms with Crippen molar-refractivity contribution < 1.29 is 14.4 Å². The minimum absolute atomic E-state index is 0.115. The maximum Gasteiger partial charge on any atom is 0.270 e. The highest BCUT2D eigenvalue weighted by atomic mass is 16.7. The highest BCUT2D eigenvalue weighted by Gasteiger charge is 2.37. The van der Waals surface area contributed by atoms with E-state index in [4.69, 9.17) is 9.47 Å². The normalized spacial score (nSPS) is 19.0. The molecule has 0 saturated carbocycles. The van der Waals surface area contributed by atoms with Crippen molar-refractivity contribution in [3.05, 3.63) is 46.1 Å². The second kappa shape index (κ2) is 6.75. The Hall–Kier alpha value is -2.18. The minimum Gasteiger partial charge on any atom is -0.361 e. The first kappa shape index (κ1) is 16.7. The molecule has 1 aromatic carbocycles. The molecule has 1 saturated heterocycles. The lowest BCUT2D eigenvalue weighted by molar-refractivity contribution is -0.384. The summed E-state index contributed by atoms with van der Waals surface area (Å²) < 4.78 is 11.4. The van der Waals surface area contributed by atoms with Crippen LogP contribution in [0.25, 0.3) is 16.5 Å². The molecule has 2 aromatic rings. The number of rotatable bonds is 2. The highest BCUT2D eigenvalue weighted by Crippen LogP contribution is 2.40. The van der Waals surface area contributed by atoms with Crippen LogP contribution in [-0.2, 0) is 9.47 Å². The van der Waals surface area contributed by atoms with Crippen LogP contribution in [0, 0.1) is 10.1 Å². The van der Waals surface area contributed by atoms with E-state index in [1.807, 2.05) is 20.0 Å². The topological polar surface area (TPSA) is 77.4 Å². The number of aromatic amines is 1. The number of H-pyrrole nitrogens is 1. The van der Waals surface area contributed by atoms with Crippen molar-refractivity contribution in [2.75, 3.05) is 13.2 Å². The molecule has 2 aliphatic rings. The Balaban J connectivity index is 0.000000815. The van der Waals surface area contributed by atoms with Crippen LogP contribution in [0.15, 0.2) is 30.5 Å². The van der Waals surface area contributed by atoms with Crippen LogP contribution in [0.3, 0.4) is 0 Å². The number of nitrogens with one attached hydrogen (secondary N) is 1. The number of allylic oxidation sites excluding steroid dienone is 1. The van der Waals surface area contributed by atoms with Gasteiger partial charge in [0.15, 0.2) is 5.79 Å². The molecule has 0 atom stereocenters. The molecule has 1 spiro atoms. The standard InChI is InChI=1S/C16H16N2O4.C2H6/c19-18(20)12-1-2-15-13(9-12)14(10-17-15)11-3-5-16(6-4-11)21-7-8-22-16;1-2/h1-3,9-10,17H,4-8H2;1-2H3. The Morgan fingerprint density at radius 1 is 1.25 bits per heavy atom. The molecule has 6 heteroatoms. The second-order valence-corrected chi connectivity index (χ2v) is 5.73. The quantitative estimate of drug-likeness (QED) is 0.653. The summed E-state index contributed by atoms with van der Waals surface area (Å²) in [6.07, 6.45) is 6.45. The molecule has 1 aromatic heterocycles. The summed E-state index contributed by atoms with van der Waals surface area (Å²) in [6.45, 7) is 5.31. The van der Waals surface area contributed by atoms with Gasteiger partial charge in [-0.05, 0) is 18.1 Å². The van der Waals surface area contributed by atoms with E-state index in [0.717, 1.165) is 35.7 Å². The summed E-state index contributed by atoms with van der Waals surface area (Å²) in [7, 11) is 0. The smallest absolute Gasteiger partial charge is 0.270 e. The van der Waals surface area contributed by atoms with E-state index >= 15 is 0 Å². The maximum absolute atomic E-state index is 11.0. The van der Waals surface area contributed by atoms with E-state index in [1.54, 1.807) is 12.1 Å². The molecule has 0 radical (unpaired) electrons. The molecule has 1 aliphatic heterocycles. The van der Waals surface area contributed by atoms with Gasteiger partial charge >= 0.3 is 0 Å².